The van der Waals surface area contributed by atoms with Gasteiger partial charge in [0.05, 0.1) is 19.3 Å². The summed E-state index contributed by atoms with van der Waals surface area (Å²) in [5.41, 5.74) is 0. The van der Waals surface area contributed by atoms with Crippen LogP contribution in [0.2, 0.25) is 0 Å². The Labute approximate surface area is 78.4 Å². The smallest absolute Gasteiger partial charge is 0.434 e. The van der Waals surface area contributed by atoms with Crippen molar-refractivity contribution in [2.24, 2.45) is 0 Å². The summed E-state index contributed by atoms with van der Waals surface area (Å²) < 4.78 is 9.40. The number of carbonyl (C=O) groups excluding carboxylic acids is 1. The molecule has 0 heterocycles. The van der Waals surface area contributed by atoms with E-state index < -0.39 is 6.16 Å². The van der Waals surface area contributed by atoms with Crippen LogP contribution >= 0.6 is 0 Å². The summed E-state index contributed by atoms with van der Waals surface area (Å²) in [6, 6.07) is 1.96. The molecule has 4 nitrogen and oxygen atoms in total. The van der Waals surface area contributed by atoms with E-state index in [4.69, 9.17) is 10.00 Å². The maximum Gasteiger partial charge on any atom is 0.508 e. The number of nitrogens with zero attached hydrogens (tertiary/aromatic N) is 1. The van der Waals surface area contributed by atoms with Crippen LogP contribution in [0.3, 0.4) is 0 Å². The zero-order valence-electron chi connectivity index (χ0n) is 7.91. The molecular formula is C9H15NO3. The third-order valence-electron chi connectivity index (χ3n) is 1.37. The lowest BCUT2D eigenvalue weighted by atomic mass is 10.3. The van der Waals surface area contributed by atoms with Crippen molar-refractivity contribution in [1.82, 2.24) is 0 Å². The van der Waals surface area contributed by atoms with Crippen LogP contribution in [0.5, 0.6) is 0 Å². The number of hydrogen-bond donors (Lipinski definition) is 0. The zero-order valence-corrected chi connectivity index (χ0v) is 7.91. The zero-order chi connectivity index (χ0) is 9.94. The number of ether oxygens (including phenoxy) is 2. The van der Waals surface area contributed by atoms with Crippen molar-refractivity contribution in [3.8, 4) is 6.07 Å². The van der Waals surface area contributed by atoms with E-state index in [1.807, 2.05) is 13.0 Å². The van der Waals surface area contributed by atoms with Crippen LogP contribution < -0.4 is 0 Å². The lowest BCUT2D eigenvalue weighted by Gasteiger charge is -2.03. The molecule has 0 saturated carbocycles. The summed E-state index contributed by atoms with van der Waals surface area (Å²) in [5, 5.41) is 8.18. The Bertz CT molecular complexity index is 174. The highest BCUT2D eigenvalue weighted by molar-refractivity contribution is 5.59. The Morgan fingerprint density at radius 2 is 1.92 bits per heavy atom. The molecule has 0 radical (unpaired) electrons. The van der Waals surface area contributed by atoms with Crippen LogP contribution in [0.4, 0.5) is 4.79 Å². The highest BCUT2D eigenvalue weighted by atomic mass is 16.7. The molecule has 0 rings (SSSR count). The second kappa shape index (κ2) is 8.85. The van der Waals surface area contributed by atoms with Crippen LogP contribution in [0, 0.1) is 11.3 Å². The average Bonchev–Trinajstić information content (AvgIpc) is 2.13. The van der Waals surface area contributed by atoms with E-state index in [-0.39, 0.29) is 6.61 Å². The van der Waals surface area contributed by atoms with Crippen LogP contribution in [-0.2, 0) is 9.47 Å². The molecular weight excluding hydrogens is 170 g/mol. The molecule has 74 valence electrons. The summed E-state index contributed by atoms with van der Waals surface area (Å²) in [4.78, 5) is 10.8. The fraction of sp³-hybridized carbons (Fsp3) is 0.778. The molecule has 0 spiro atoms. The molecule has 0 aromatic heterocycles. The topological polar surface area (TPSA) is 59.3 Å². The van der Waals surface area contributed by atoms with Crippen molar-refractivity contribution in [2.45, 2.75) is 32.6 Å². The lowest BCUT2D eigenvalue weighted by molar-refractivity contribution is 0.0539. The fourth-order valence-corrected chi connectivity index (χ4v) is 0.648. The van der Waals surface area contributed by atoms with Crippen LogP contribution in [0.1, 0.15) is 32.6 Å². The Balaban J connectivity index is 3.16. The van der Waals surface area contributed by atoms with Crippen LogP contribution in [-0.4, -0.2) is 19.4 Å². The first-order valence-corrected chi connectivity index (χ1v) is 4.47. The second-order valence-electron chi connectivity index (χ2n) is 2.56. The molecule has 0 N–H and O–H groups in total. The minimum atomic E-state index is -0.633. The molecule has 0 fully saturated rings. The number of nitriles is 1. The molecule has 0 aliphatic heterocycles. The molecule has 4 heteroatoms. The summed E-state index contributed by atoms with van der Waals surface area (Å²) in [5.74, 6) is 0. The van der Waals surface area contributed by atoms with Gasteiger partial charge < -0.3 is 9.47 Å². The molecule has 0 bridgehead atoms. The molecule has 0 saturated heterocycles. The van der Waals surface area contributed by atoms with Gasteiger partial charge in [-0.3, -0.25) is 0 Å². The molecule has 0 aliphatic rings. The molecule has 0 amide bonds. The first kappa shape index (κ1) is 11.8. The monoisotopic (exact) mass is 185 g/mol. The van der Waals surface area contributed by atoms with Gasteiger partial charge in [-0.05, 0) is 12.8 Å². The summed E-state index contributed by atoms with van der Waals surface area (Å²) in [7, 11) is 0. The van der Waals surface area contributed by atoms with Gasteiger partial charge in [0, 0.05) is 6.42 Å². The van der Waals surface area contributed by atoms with Crippen molar-refractivity contribution in [2.75, 3.05) is 13.2 Å². The third-order valence-corrected chi connectivity index (χ3v) is 1.37. The first-order valence-electron chi connectivity index (χ1n) is 4.47. The van der Waals surface area contributed by atoms with Crippen molar-refractivity contribution in [1.29, 1.82) is 5.26 Å². The van der Waals surface area contributed by atoms with Gasteiger partial charge in [0.15, 0.2) is 0 Å². The Hall–Kier alpha value is -1.24. The van der Waals surface area contributed by atoms with E-state index in [1.54, 1.807) is 0 Å². The number of rotatable bonds is 6. The normalized spacial score (nSPS) is 8.92. The maximum absolute atomic E-state index is 10.8. The van der Waals surface area contributed by atoms with Gasteiger partial charge >= 0.3 is 6.16 Å². The molecule has 0 atom stereocenters. The predicted molar refractivity (Wildman–Crippen MR) is 47.1 cm³/mol. The first-order chi connectivity index (χ1) is 6.31. The van der Waals surface area contributed by atoms with Gasteiger partial charge in [-0.2, -0.15) is 5.26 Å². The molecule has 13 heavy (non-hydrogen) atoms. The molecule has 0 aromatic carbocycles. The second-order valence-corrected chi connectivity index (χ2v) is 2.56. The van der Waals surface area contributed by atoms with E-state index in [2.05, 4.69) is 4.74 Å². The lowest BCUT2D eigenvalue weighted by Crippen LogP contribution is -2.09. The molecule has 0 unspecified atom stereocenters. The average molecular weight is 185 g/mol. The predicted octanol–water partition coefficient (Wildman–Crippen LogP) is 2.24. The Kier molecular flexibility index (Phi) is 8.01. The van der Waals surface area contributed by atoms with E-state index in [1.165, 1.54) is 0 Å². The van der Waals surface area contributed by atoms with Gasteiger partial charge in [-0.1, -0.05) is 13.3 Å². The van der Waals surface area contributed by atoms with E-state index >= 15 is 0 Å². The minimum absolute atomic E-state index is 0.262. The number of unbranched alkanes of at least 4 members (excludes halogenated alkanes) is 2. The minimum Gasteiger partial charge on any atom is -0.434 e. The molecule has 0 aromatic rings. The van der Waals surface area contributed by atoms with Gasteiger partial charge in [0.1, 0.15) is 0 Å². The highest BCUT2D eigenvalue weighted by Gasteiger charge is 2.01. The maximum atomic E-state index is 10.8. The standard InChI is InChI=1S/C9H15NO3/c1-2-3-7-12-9(11)13-8-5-4-6-10/h2-5,7-8H2,1H3. The van der Waals surface area contributed by atoms with E-state index in [0.717, 1.165) is 12.8 Å². The van der Waals surface area contributed by atoms with Crippen molar-refractivity contribution < 1.29 is 14.3 Å². The van der Waals surface area contributed by atoms with E-state index in [0.29, 0.717) is 19.4 Å². The van der Waals surface area contributed by atoms with Gasteiger partial charge in [0.25, 0.3) is 0 Å². The summed E-state index contributed by atoms with van der Waals surface area (Å²) >= 11 is 0. The Morgan fingerprint density at radius 1 is 1.31 bits per heavy atom. The van der Waals surface area contributed by atoms with Crippen molar-refractivity contribution in [3.63, 3.8) is 0 Å². The largest absolute Gasteiger partial charge is 0.508 e. The van der Waals surface area contributed by atoms with Crippen molar-refractivity contribution >= 4 is 6.16 Å². The van der Waals surface area contributed by atoms with Gasteiger partial charge in [-0.25, -0.2) is 4.79 Å². The van der Waals surface area contributed by atoms with Crippen molar-refractivity contribution in [3.05, 3.63) is 0 Å². The third kappa shape index (κ3) is 8.67. The van der Waals surface area contributed by atoms with Crippen LogP contribution in [0.25, 0.3) is 0 Å². The molecule has 0 aliphatic carbocycles. The Morgan fingerprint density at radius 3 is 2.46 bits per heavy atom. The summed E-state index contributed by atoms with van der Waals surface area (Å²) in [6.07, 6.45) is 2.18. The number of hydrogen-bond acceptors (Lipinski definition) is 4. The summed E-state index contributed by atoms with van der Waals surface area (Å²) in [6.45, 7) is 2.69. The quantitative estimate of drug-likeness (QED) is 0.470. The highest BCUT2D eigenvalue weighted by Crippen LogP contribution is 1.94. The number of carbonyl (C=O) groups is 1. The van der Waals surface area contributed by atoms with E-state index in [9.17, 15) is 4.79 Å². The fourth-order valence-electron chi connectivity index (χ4n) is 0.648. The van der Waals surface area contributed by atoms with Gasteiger partial charge in [-0.15, -0.1) is 0 Å². The van der Waals surface area contributed by atoms with Crippen LogP contribution in [0.15, 0.2) is 0 Å². The SMILES string of the molecule is CCCCOC(=O)OCCCC#N. The van der Waals surface area contributed by atoms with Gasteiger partial charge in [0.2, 0.25) is 0 Å².